The SMILES string of the molecule is CCNC(C)(C#N)CCN(CC(C)C)C1CCCC1. The van der Waals surface area contributed by atoms with E-state index in [2.05, 4.69) is 37.1 Å². The van der Waals surface area contributed by atoms with E-state index < -0.39 is 0 Å². The molecule has 110 valence electrons. The highest BCUT2D eigenvalue weighted by atomic mass is 15.2. The number of hydrogen-bond donors (Lipinski definition) is 1. The van der Waals surface area contributed by atoms with Crippen LogP contribution < -0.4 is 5.32 Å². The molecule has 1 N–H and O–H groups in total. The summed E-state index contributed by atoms with van der Waals surface area (Å²) in [6, 6.07) is 3.20. The van der Waals surface area contributed by atoms with Crippen LogP contribution in [-0.4, -0.2) is 36.1 Å². The molecule has 3 heteroatoms. The van der Waals surface area contributed by atoms with Gasteiger partial charge in [-0.15, -0.1) is 0 Å². The van der Waals surface area contributed by atoms with Gasteiger partial charge in [0.15, 0.2) is 0 Å². The summed E-state index contributed by atoms with van der Waals surface area (Å²) < 4.78 is 0. The summed E-state index contributed by atoms with van der Waals surface area (Å²) in [4.78, 5) is 2.63. The number of nitrogens with zero attached hydrogens (tertiary/aromatic N) is 2. The molecule has 0 bridgehead atoms. The number of nitrogens with one attached hydrogen (secondary N) is 1. The van der Waals surface area contributed by atoms with E-state index in [-0.39, 0.29) is 5.54 Å². The number of rotatable bonds is 8. The van der Waals surface area contributed by atoms with Gasteiger partial charge in [-0.05, 0) is 38.6 Å². The van der Waals surface area contributed by atoms with Crippen LogP contribution in [0.3, 0.4) is 0 Å². The lowest BCUT2D eigenvalue weighted by atomic mass is 9.98. The molecule has 1 atom stereocenters. The van der Waals surface area contributed by atoms with Crippen molar-refractivity contribution in [2.45, 2.75) is 71.4 Å². The smallest absolute Gasteiger partial charge is 0.105 e. The zero-order chi connectivity index (χ0) is 14.3. The summed E-state index contributed by atoms with van der Waals surface area (Å²) in [6.45, 7) is 11.7. The average Bonchev–Trinajstić information content (AvgIpc) is 2.88. The second kappa shape index (κ2) is 7.87. The van der Waals surface area contributed by atoms with E-state index in [1.54, 1.807) is 0 Å². The van der Waals surface area contributed by atoms with E-state index in [0.29, 0.717) is 5.92 Å². The molecule has 1 unspecified atom stereocenters. The molecule has 0 amide bonds. The molecule has 0 saturated heterocycles. The van der Waals surface area contributed by atoms with Crippen LogP contribution >= 0.6 is 0 Å². The average molecular weight is 265 g/mol. The first-order chi connectivity index (χ1) is 9.00. The highest BCUT2D eigenvalue weighted by Gasteiger charge is 2.27. The summed E-state index contributed by atoms with van der Waals surface area (Å²) in [5.41, 5.74) is -0.372. The topological polar surface area (TPSA) is 39.1 Å². The van der Waals surface area contributed by atoms with Crippen molar-refractivity contribution in [2.75, 3.05) is 19.6 Å². The van der Waals surface area contributed by atoms with Gasteiger partial charge in [-0.2, -0.15) is 5.26 Å². The molecule has 0 aromatic carbocycles. The minimum atomic E-state index is -0.372. The van der Waals surface area contributed by atoms with Crippen molar-refractivity contribution in [1.29, 1.82) is 5.26 Å². The molecule has 0 spiro atoms. The standard InChI is InChI=1S/C16H31N3/c1-5-18-16(4,13-17)10-11-19(12-14(2)3)15-8-6-7-9-15/h14-15,18H,5-12H2,1-4H3. The first kappa shape index (κ1) is 16.5. The van der Waals surface area contributed by atoms with Gasteiger partial charge in [0.2, 0.25) is 0 Å². The van der Waals surface area contributed by atoms with Crippen LogP contribution in [0.2, 0.25) is 0 Å². The fraction of sp³-hybridized carbons (Fsp3) is 0.938. The Morgan fingerprint density at radius 3 is 2.47 bits per heavy atom. The van der Waals surface area contributed by atoms with Crippen molar-refractivity contribution in [1.82, 2.24) is 10.2 Å². The van der Waals surface area contributed by atoms with Crippen molar-refractivity contribution >= 4 is 0 Å². The third kappa shape index (κ3) is 5.50. The maximum absolute atomic E-state index is 9.35. The van der Waals surface area contributed by atoms with E-state index >= 15 is 0 Å². The highest BCUT2D eigenvalue weighted by Crippen LogP contribution is 2.25. The molecule has 19 heavy (non-hydrogen) atoms. The second-order valence-electron chi connectivity index (χ2n) is 6.55. The second-order valence-corrected chi connectivity index (χ2v) is 6.55. The van der Waals surface area contributed by atoms with Crippen molar-refractivity contribution in [3.05, 3.63) is 0 Å². The normalized spacial score (nSPS) is 19.8. The molecule has 0 aromatic heterocycles. The predicted molar refractivity (Wildman–Crippen MR) is 81.0 cm³/mol. The summed E-state index contributed by atoms with van der Waals surface area (Å²) in [5, 5.41) is 12.7. The van der Waals surface area contributed by atoms with Crippen LogP contribution in [0, 0.1) is 17.2 Å². The fourth-order valence-electron chi connectivity index (χ4n) is 3.10. The van der Waals surface area contributed by atoms with Crippen LogP contribution in [-0.2, 0) is 0 Å². The van der Waals surface area contributed by atoms with Crippen LogP contribution in [0.1, 0.15) is 59.8 Å². The van der Waals surface area contributed by atoms with Gasteiger partial charge in [0, 0.05) is 19.1 Å². The van der Waals surface area contributed by atoms with Gasteiger partial charge in [-0.1, -0.05) is 33.6 Å². The first-order valence-electron chi connectivity index (χ1n) is 7.91. The maximum atomic E-state index is 9.35. The van der Waals surface area contributed by atoms with Crippen molar-refractivity contribution in [3.63, 3.8) is 0 Å². The summed E-state index contributed by atoms with van der Waals surface area (Å²) >= 11 is 0. The Balaban J connectivity index is 2.54. The van der Waals surface area contributed by atoms with Gasteiger partial charge in [-0.3, -0.25) is 5.32 Å². The van der Waals surface area contributed by atoms with Crippen LogP contribution in [0.4, 0.5) is 0 Å². The molecule has 1 fully saturated rings. The van der Waals surface area contributed by atoms with E-state index in [9.17, 15) is 5.26 Å². The summed E-state index contributed by atoms with van der Waals surface area (Å²) in [5.74, 6) is 0.702. The minimum Gasteiger partial charge on any atom is -0.300 e. The van der Waals surface area contributed by atoms with E-state index in [0.717, 1.165) is 32.1 Å². The summed E-state index contributed by atoms with van der Waals surface area (Å²) in [7, 11) is 0. The van der Waals surface area contributed by atoms with Crippen molar-refractivity contribution in [2.24, 2.45) is 5.92 Å². The monoisotopic (exact) mass is 265 g/mol. The first-order valence-corrected chi connectivity index (χ1v) is 7.91. The predicted octanol–water partition coefficient (Wildman–Crippen LogP) is 3.17. The Hall–Kier alpha value is -0.590. The number of hydrogen-bond acceptors (Lipinski definition) is 3. The zero-order valence-electron chi connectivity index (χ0n) is 13.2. The molecule has 0 aromatic rings. The van der Waals surface area contributed by atoms with Crippen LogP contribution in [0.25, 0.3) is 0 Å². The van der Waals surface area contributed by atoms with Crippen molar-refractivity contribution in [3.8, 4) is 6.07 Å². The highest BCUT2D eigenvalue weighted by molar-refractivity contribution is 5.04. The largest absolute Gasteiger partial charge is 0.300 e. The van der Waals surface area contributed by atoms with Crippen molar-refractivity contribution < 1.29 is 0 Å². The Morgan fingerprint density at radius 1 is 1.37 bits per heavy atom. The quantitative estimate of drug-likeness (QED) is 0.732. The Bertz CT molecular complexity index is 289. The molecule has 1 saturated carbocycles. The van der Waals surface area contributed by atoms with Gasteiger partial charge < -0.3 is 4.90 Å². The molecule has 3 nitrogen and oxygen atoms in total. The third-order valence-electron chi connectivity index (χ3n) is 4.15. The Morgan fingerprint density at radius 2 is 2.00 bits per heavy atom. The Labute approximate surface area is 119 Å². The zero-order valence-corrected chi connectivity index (χ0v) is 13.2. The number of nitriles is 1. The van der Waals surface area contributed by atoms with E-state index in [1.165, 1.54) is 25.7 Å². The minimum absolute atomic E-state index is 0.372. The molecule has 1 aliphatic carbocycles. The molecule has 1 rings (SSSR count). The van der Waals surface area contributed by atoms with Gasteiger partial charge in [0.1, 0.15) is 5.54 Å². The third-order valence-corrected chi connectivity index (χ3v) is 4.15. The fourth-order valence-corrected chi connectivity index (χ4v) is 3.10. The van der Waals surface area contributed by atoms with Gasteiger partial charge in [0.25, 0.3) is 0 Å². The summed E-state index contributed by atoms with van der Waals surface area (Å²) in [6.07, 6.45) is 6.36. The lowest BCUT2D eigenvalue weighted by Gasteiger charge is -2.33. The van der Waals surface area contributed by atoms with Gasteiger partial charge >= 0.3 is 0 Å². The van der Waals surface area contributed by atoms with Crippen LogP contribution in [0.15, 0.2) is 0 Å². The lowest BCUT2D eigenvalue weighted by molar-refractivity contribution is 0.163. The van der Waals surface area contributed by atoms with E-state index in [4.69, 9.17) is 0 Å². The molecule has 0 radical (unpaired) electrons. The lowest BCUT2D eigenvalue weighted by Crippen LogP contribution is -2.46. The van der Waals surface area contributed by atoms with E-state index in [1.807, 2.05) is 6.92 Å². The Kier molecular flexibility index (Phi) is 6.82. The molecule has 0 heterocycles. The molecule has 0 aliphatic heterocycles. The van der Waals surface area contributed by atoms with Gasteiger partial charge in [-0.25, -0.2) is 0 Å². The molecule has 1 aliphatic rings. The molecular formula is C16H31N3. The van der Waals surface area contributed by atoms with Crippen LogP contribution in [0.5, 0.6) is 0 Å². The van der Waals surface area contributed by atoms with Gasteiger partial charge in [0.05, 0.1) is 6.07 Å². The maximum Gasteiger partial charge on any atom is 0.105 e. The molecular weight excluding hydrogens is 234 g/mol.